The average molecular weight is 385 g/mol. The molecule has 0 fully saturated rings. The molecule has 0 bridgehead atoms. The second-order valence-corrected chi connectivity index (χ2v) is 7.46. The van der Waals surface area contributed by atoms with E-state index >= 15 is 0 Å². The first-order chi connectivity index (χ1) is 9.57. The van der Waals surface area contributed by atoms with Gasteiger partial charge in [-0.3, -0.25) is 0 Å². The summed E-state index contributed by atoms with van der Waals surface area (Å²) in [5, 5.41) is 6.64. The van der Waals surface area contributed by atoms with E-state index in [4.69, 9.17) is 4.74 Å². The first-order valence-electron chi connectivity index (χ1n) is 6.36. The lowest BCUT2D eigenvalue weighted by Gasteiger charge is -2.22. The number of rotatable bonds is 6. The molecule has 21 heavy (non-hydrogen) atoms. The molecule has 1 heterocycles. The SMILES string of the molecule is CC(C)(C)OC(=O)NCC(F)(F)CNCc1cc(Br)cs1. The maximum absolute atomic E-state index is 13.6. The topological polar surface area (TPSA) is 50.4 Å². The number of nitrogens with one attached hydrogen (secondary N) is 2. The summed E-state index contributed by atoms with van der Waals surface area (Å²) in [6.45, 7) is 4.10. The number of hydrogen-bond donors (Lipinski definition) is 2. The van der Waals surface area contributed by atoms with Crippen molar-refractivity contribution in [2.24, 2.45) is 0 Å². The summed E-state index contributed by atoms with van der Waals surface area (Å²) >= 11 is 4.78. The van der Waals surface area contributed by atoms with Gasteiger partial charge in [-0.15, -0.1) is 11.3 Å². The van der Waals surface area contributed by atoms with Gasteiger partial charge in [0, 0.05) is 21.3 Å². The molecule has 0 aliphatic heterocycles. The molecule has 2 N–H and O–H groups in total. The van der Waals surface area contributed by atoms with Crippen molar-refractivity contribution in [3.63, 3.8) is 0 Å². The Morgan fingerprint density at radius 3 is 2.57 bits per heavy atom. The Labute approximate surface area is 135 Å². The summed E-state index contributed by atoms with van der Waals surface area (Å²) in [7, 11) is 0. The van der Waals surface area contributed by atoms with E-state index in [1.54, 1.807) is 20.8 Å². The van der Waals surface area contributed by atoms with Crippen molar-refractivity contribution >= 4 is 33.4 Å². The summed E-state index contributed by atoms with van der Waals surface area (Å²) in [5.74, 6) is -3.04. The Balaban J connectivity index is 2.28. The molecule has 0 aliphatic carbocycles. The van der Waals surface area contributed by atoms with Crippen LogP contribution in [0.25, 0.3) is 0 Å². The fourth-order valence-electron chi connectivity index (χ4n) is 1.39. The van der Waals surface area contributed by atoms with Gasteiger partial charge in [0.25, 0.3) is 5.92 Å². The van der Waals surface area contributed by atoms with Gasteiger partial charge in [-0.05, 0) is 42.8 Å². The van der Waals surface area contributed by atoms with E-state index in [9.17, 15) is 13.6 Å². The summed E-state index contributed by atoms with van der Waals surface area (Å²) in [6, 6.07) is 1.87. The van der Waals surface area contributed by atoms with E-state index in [1.165, 1.54) is 11.3 Å². The maximum atomic E-state index is 13.6. The van der Waals surface area contributed by atoms with Gasteiger partial charge in [0.15, 0.2) is 0 Å². The fourth-order valence-corrected chi connectivity index (χ4v) is 2.81. The van der Waals surface area contributed by atoms with Crippen LogP contribution in [-0.2, 0) is 11.3 Å². The molecule has 0 radical (unpaired) electrons. The average Bonchev–Trinajstić information content (AvgIpc) is 2.70. The summed E-state index contributed by atoms with van der Waals surface area (Å²) in [6.07, 6.45) is -0.843. The number of halogens is 3. The highest BCUT2D eigenvalue weighted by atomic mass is 79.9. The van der Waals surface area contributed by atoms with Crippen molar-refractivity contribution < 1.29 is 18.3 Å². The summed E-state index contributed by atoms with van der Waals surface area (Å²) in [5.41, 5.74) is -0.704. The van der Waals surface area contributed by atoms with Crippen LogP contribution in [0.4, 0.5) is 13.6 Å². The van der Waals surface area contributed by atoms with E-state index in [0.717, 1.165) is 9.35 Å². The number of carbonyl (C=O) groups is 1. The van der Waals surface area contributed by atoms with Crippen molar-refractivity contribution in [3.05, 3.63) is 20.8 Å². The smallest absolute Gasteiger partial charge is 0.407 e. The van der Waals surface area contributed by atoms with Gasteiger partial charge in [0.2, 0.25) is 0 Å². The first kappa shape index (κ1) is 18.3. The molecule has 120 valence electrons. The number of amides is 1. The second-order valence-electron chi connectivity index (χ2n) is 5.55. The minimum atomic E-state index is -3.04. The van der Waals surface area contributed by atoms with Gasteiger partial charge in [0.05, 0.1) is 13.1 Å². The third kappa shape index (κ3) is 8.33. The third-order valence-electron chi connectivity index (χ3n) is 2.19. The van der Waals surface area contributed by atoms with Crippen LogP contribution in [0.2, 0.25) is 0 Å². The Morgan fingerprint density at radius 2 is 2.05 bits per heavy atom. The van der Waals surface area contributed by atoms with E-state index in [-0.39, 0.29) is 0 Å². The molecule has 0 unspecified atom stereocenters. The molecule has 4 nitrogen and oxygen atoms in total. The number of carbonyl (C=O) groups excluding carboxylic acids is 1. The number of hydrogen-bond acceptors (Lipinski definition) is 4. The molecular weight excluding hydrogens is 366 g/mol. The predicted octanol–water partition coefficient (Wildman–Crippen LogP) is 3.76. The monoisotopic (exact) mass is 384 g/mol. The molecule has 0 saturated heterocycles. The van der Waals surface area contributed by atoms with Crippen molar-refractivity contribution in [2.75, 3.05) is 13.1 Å². The van der Waals surface area contributed by atoms with Crippen LogP contribution in [0.5, 0.6) is 0 Å². The highest BCUT2D eigenvalue weighted by Gasteiger charge is 2.30. The minimum Gasteiger partial charge on any atom is -0.444 e. The quantitative estimate of drug-likeness (QED) is 0.784. The Bertz CT molecular complexity index is 475. The zero-order valence-corrected chi connectivity index (χ0v) is 14.5. The molecule has 1 aromatic heterocycles. The van der Waals surface area contributed by atoms with Crippen LogP contribution in [-0.4, -0.2) is 30.7 Å². The zero-order chi connectivity index (χ0) is 16.1. The maximum Gasteiger partial charge on any atom is 0.407 e. The molecule has 0 spiro atoms. The number of thiophene rings is 1. The largest absolute Gasteiger partial charge is 0.444 e. The van der Waals surface area contributed by atoms with Gasteiger partial charge in [-0.1, -0.05) is 0 Å². The number of ether oxygens (including phenoxy) is 1. The van der Waals surface area contributed by atoms with Crippen LogP contribution in [0.15, 0.2) is 15.9 Å². The molecule has 1 aromatic rings. The van der Waals surface area contributed by atoms with Crippen LogP contribution in [0.1, 0.15) is 25.6 Å². The van der Waals surface area contributed by atoms with Gasteiger partial charge in [-0.25, -0.2) is 13.6 Å². The summed E-state index contributed by atoms with van der Waals surface area (Å²) < 4.78 is 33.0. The van der Waals surface area contributed by atoms with Crippen molar-refractivity contribution in [2.45, 2.75) is 38.8 Å². The second kappa shape index (κ2) is 7.51. The fraction of sp³-hybridized carbons (Fsp3) is 0.615. The third-order valence-corrected chi connectivity index (χ3v) is 3.89. The number of alkyl halides is 2. The Kier molecular flexibility index (Phi) is 6.55. The van der Waals surface area contributed by atoms with Gasteiger partial charge >= 0.3 is 6.09 Å². The van der Waals surface area contributed by atoms with Crippen LogP contribution in [0.3, 0.4) is 0 Å². The molecule has 0 aromatic carbocycles. The van der Waals surface area contributed by atoms with E-state index in [2.05, 4.69) is 26.6 Å². The zero-order valence-electron chi connectivity index (χ0n) is 12.1. The van der Waals surface area contributed by atoms with E-state index < -0.39 is 30.7 Å². The minimum absolute atomic E-state index is 0.359. The molecule has 1 amide bonds. The van der Waals surface area contributed by atoms with Gasteiger partial charge in [0.1, 0.15) is 5.60 Å². The van der Waals surface area contributed by atoms with Crippen LogP contribution < -0.4 is 10.6 Å². The molecule has 0 aliphatic rings. The Morgan fingerprint density at radius 1 is 1.38 bits per heavy atom. The normalized spacial score (nSPS) is 12.3. The highest BCUT2D eigenvalue weighted by Crippen LogP contribution is 2.20. The van der Waals surface area contributed by atoms with Crippen LogP contribution >= 0.6 is 27.3 Å². The van der Waals surface area contributed by atoms with Crippen molar-refractivity contribution in [3.8, 4) is 0 Å². The number of alkyl carbamates (subject to hydrolysis) is 1. The molecule has 0 atom stereocenters. The molecule has 8 heteroatoms. The summed E-state index contributed by atoms with van der Waals surface area (Å²) in [4.78, 5) is 12.3. The lowest BCUT2D eigenvalue weighted by molar-refractivity contribution is -0.00372. The molecule has 1 rings (SSSR count). The first-order valence-corrected chi connectivity index (χ1v) is 8.03. The standard InChI is InChI=1S/C13H19BrF2N2O2S/c1-12(2,3)20-11(19)18-8-13(15,16)7-17-5-10-4-9(14)6-21-10/h4,6,17H,5,7-8H2,1-3H3,(H,18,19). The Hall–Kier alpha value is -0.730. The van der Waals surface area contributed by atoms with Gasteiger partial charge in [-0.2, -0.15) is 0 Å². The van der Waals surface area contributed by atoms with Crippen LogP contribution in [0, 0.1) is 0 Å². The molecule has 0 saturated carbocycles. The highest BCUT2D eigenvalue weighted by molar-refractivity contribution is 9.10. The van der Waals surface area contributed by atoms with Gasteiger partial charge < -0.3 is 15.4 Å². The lowest BCUT2D eigenvalue weighted by Crippen LogP contribution is -2.44. The van der Waals surface area contributed by atoms with Crippen molar-refractivity contribution in [1.29, 1.82) is 0 Å². The lowest BCUT2D eigenvalue weighted by atomic mass is 10.2. The van der Waals surface area contributed by atoms with E-state index in [0.29, 0.717) is 6.54 Å². The molecular formula is C13H19BrF2N2O2S. The van der Waals surface area contributed by atoms with Crippen molar-refractivity contribution in [1.82, 2.24) is 10.6 Å². The predicted molar refractivity (Wildman–Crippen MR) is 82.9 cm³/mol. The van der Waals surface area contributed by atoms with E-state index in [1.807, 2.05) is 11.4 Å².